The molecule has 2 unspecified atom stereocenters. The first-order chi connectivity index (χ1) is 17.6. The monoisotopic (exact) mass is 532 g/mol. The van der Waals surface area contributed by atoms with Gasteiger partial charge in [-0.3, -0.25) is 0 Å². The van der Waals surface area contributed by atoms with E-state index in [-0.39, 0.29) is 11.8 Å². The summed E-state index contributed by atoms with van der Waals surface area (Å²) in [7, 11) is -2.22. The Morgan fingerprint density at radius 3 is 1.24 bits per heavy atom. The minimum Gasteiger partial charge on any atom is -0.0795 e. The van der Waals surface area contributed by atoms with Gasteiger partial charge in [0.15, 0.2) is 0 Å². The van der Waals surface area contributed by atoms with E-state index in [4.69, 9.17) is 24.4 Å². The van der Waals surface area contributed by atoms with Crippen LogP contribution in [0.2, 0.25) is 13.1 Å². The highest BCUT2D eigenvalue weighted by Crippen LogP contribution is 2.57. The number of hydrogen-bond acceptors (Lipinski definition) is 2. The Labute approximate surface area is 232 Å². The SMILES string of the molecule is CC1=CC2C(=C(C)C([Si](C)(C)C3=C(c4ccccc4)C4C=C(C)C(=S)C4=C3C)=C2c2ccccc2)C1=S. The molecule has 4 aliphatic rings. The summed E-state index contributed by atoms with van der Waals surface area (Å²) in [5, 5.41) is 3.11. The molecular formula is C34H32S2Si. The Morgan fingerprint density at radius 2 is 0.892 bits per heavy atom. The largest absolute Gasteiger partial charge is 0.113 e. The van der Waals surface area contributed by atoms with E-state index < -0.39 is 8.07 Å². The van der Waals surface area contributed by atoms with Gasteiger partial charge < -0.3 is 0 Å². The molecule has 2 atom stereocenters. The molecule has 3 heteroatoms. The molecule has 0 radical (unpaired) electrons. The highest BCUT2D eigenvalue weighted by molar-refractivity contribution is 7.81. The van der Waals surface area contributed by atoms with Crippen molar-refractivity contribution in [1.82, 2.24) is 0 Å². The summed E-state index contributed by atoms with van der Waals surface area (Å²) in [4.78, 5) is 2.09. The van der Waals surface area contributed by atoms with Crippen LogP contribution in [0.4, 0.5) is 0 Å². The number of allylic oxidation sites excluding steroid dienone is 12. The topological polar surface area (TPSA) is 0 Å². The minimum atomic E-state index is -2.22. The maximum absolute atomic E-state index is 6.00. The van der Waals surface area contributed by atoms with Gasteiger partial charge in [0.25, 0.3) is 0 Å². The molecule has 0 aromatic heterocycles. The molecule has 0 saturated carbocycles. The van der Waals surface area contributed by atoms with Crippen molar-refractivity contribution in [3.8, 4) is 0 Å². The van der Waals surface area contributed by atoms with Crippen LogP contribution in [0.1, 0.15) is 38.8 Å². The quantitative estimate of drug-likeness (QED) is 0.284. The summed E-state index contributed by atoms with van der Waals surface area (Å²) < 4.78 is 0. The second-order valence-corrected chi connectivity index (χ2v) is 16.4. The van der Waals surface area contributed by atoms with Gasteiger partial charge in [-0.2, -0.15) is 0 Å². The third kappa shape index (κ3) is 3.44. The van der Waals surface area contributed by atoms with E-state index in [1.807, 2.05) is 0 Å². The van der Waals surface area contributed by atoms with Crippen molar-refractivity contribution in [2.45, 2.75) is 40.8 Å². The molecular weight excluding hydrogens is 501 g/mol. The summed E-state index contributed by atoms with van der Waals surface area (Å²) in [5.74, 6) is 0.518. The third-order valence-corrected chi connectivity index (χ3v) is 13.7. The lowest BCUT2D eigenvalue weighted by atomic mass is 9.93. The molecule has 0 bridgehead atoms. The van der Waals surface area contributed by atoms with Crippen LogP contribution in [0.25, 0.3) is 11.1 Å². The zero-order valence-corrected chi connectivity index (χ0v) is 25.0. The number of thiocarbonyl (C=S) groups is 2. The van der Waals surface area contributed by atoms with E-state index >= 15 is 0 Å². The fraction of sp³-hybridized carbons (Fsp3) is 0.235. The third-order valence-electron chi connectivity index (χ3n) is 8.80. The number of hydrogen-bond donors (Lipinski definition) is 0. The predicted molar refractivity (Wildman–Crippen MR) is 169 cm³/mol. The van der Waals surface area contributed by atoms with E-state index in [1.165, 1.54) is 55.7 Å². The summed E-state index contributed by atoms with van der Waals surface area (Å²) in [5.41, 5.74) is 13.6. The van der Waals surface area contributed by atoms with Gasteiger partial charge in [-0.25, -0.2) is 0 Å². The second-order valence-electron chi connectivity index (χ2n) is 11.3. The average Bonchev–Trinajstić information content (AvgIpc) is 3.55. The van der Waals surface area contributed by atoms with E-state index in [9.17, 15) is 0 Å². The van der Waals surface area contributed by atoms with Crippen LogP contribution in [-0.4, -0.2) is 17.8 Å². The van der Waals surface area contributed by atoms with Gasteiger partial charge in [-0.05, 0) is 93.8 Å². The lowest BCUT2D eigenvalue weighted by Crippen LogP contribution is -2.35. The summed E-state index contributed by atoms with van der Waals surface area (Å²) >= 11 is 12.0. The first-order valence-electron chi connectivity index (χ1n) is 13.1. The second kappa shape index (κ2) is 8.66. The molecule has 0 spiro atoms. The summed E-state index contributed by atoms with van der Waals surface area (Å²) in [6.45, 7) is 14.1. The normalized spacial score (nSPS) is 23.4. The number of benzene rings is 2. The Bertz CT molecular complexity index is 1470. The van der Waals surface area contributed by atoms with Crippen molar-refractivity contribution in [1.29, 1.82) is 0 Å². The molecule has 37 heavy (non-hydrogen) atoms. The zero-order chi connectivity index (χ0) is 26.2. The predicted octanol–water partition coefficient (Wildman–Crippen LogP) is 9.23. The highest BCUT2D eigenvalue weighted by Gasteiger charge is 2.49. The summed E-state index contributed by atoms with van der Waals surface area (Å²) in [6, 6.07) is 22.0. The summed E-state index contributed by atoms with van der Waals surface area (Å²) in [6.07, 6.45) is 4.81. The van der Waals surface area contributed by atoms with E-state index in [0.717, 1.165) is 9.73 Å². The van der Waals surface area contributed by atoms with Crippen molar-refractivity contribution in [2.24, 2.45) is 11.8 Å². The molecule has 0 aliphatic heterocycles. The van der Waals surface area contributed by atoms with Gasteiger partial charge in [-0.15, -0.1) is 0 Å². The molecule has 0 saturated heterocycles. The van der Waals surface area contributed by atoms with Gasteiger partial charge in [-0.1, -0.05) is 110 Å². The standard InChI is InChI=1S/C34H32S2Si/c1-19-17-25-27(31(19)35)21(3)33(29(25)23-13-9-7-10-14-23)37(5,6)34-22(4)28-26(18-20(2)32(28)36)30(34)24-15-11-8-12-16-24/h7-18,25-26H,1-6H3. The van der Waals surface area contributed by atoms with Crippen molar-refractivity contribution >= 4 is 53.4 Å². The Hall–Kier alpha value is -2.72. The molecule has 2 aromatic carbocycles. The van der Waals surface area contributed by atoms with Crippen molar-refractivity contribution in [3.63, 3.8) is 0 Å². The van der Waals surface area contributed by atoms with Crippen LogP contribution in [-0.2, 0) is 0 Å². The molecule has 0 fully saturated rings. The van der Waals surface area contributed by atoms with Crippen LogP contribution in [0.3, 0.4) is 0 Å². The smallest absolute Gasteiger partial charge is 0.0795 e. The van der Waals surface area contributed by atoms with Crippen LogP contribution >= 0.6 is 24.4 Å². The van der Waals surface area contributed by atoms with Gasteiger partial charge in [0.2, 0.25) is 0 Å². The fourth-order valence-corrected chi connectivity index (χ4v) is 12.4. The van der Waals surface area contributed by atoms with Gasteiger partial charge >= 0.3 is 0 Å². The average molecular weight is 533 g/mol. The Morgan fingerprint density at radius 1 is 0.541 bits per heavy atom. The molecule has 0 amide bonds. The number of rotatable bonds is 4. The van der Waals surface area contributed by atoms with Gasteiger partial charge in [0.1, 0.15) is 8.07 Å². The molecule has 0 N–H and O–H groups in total. The molecule has 0 nitrogen and oxygen atoms in total. The molecule has 0 heterocycles. The van der Waals surface area contributed by atoms with Gasteiger partial charge in [0, 0.05) is 21.6 Å². The highest BCUT2D eigenvalue weighted by atomic mass is 32.1. The van der Waals surface area contributed by atoms with Crippen molar-refractivity contribution in [3.05, 3.63) is 128 Å². The van der Waals surface area contributed by atoms with Crippen LogP contribution < -0.4 is 0 Å². The van der Waals surface area contributed by atoms with E-state index in [0.29, 0.717) is 0 Å². The maximum atomic E-state index is 6.00. The van der Waals surface area contributed by atoms with Crippen molar-refractivity contribution in [2.75, 3.05) is 0 Å². The lowest BCUT2D eigenvalue weighted by molar-refractivity contribution is 1.09. The van der Waals surface area contributed by atoms with E-state index in [2.05, 4.69) is 114 Å². The molecule has 4 aliphatic carbocycles. The zero-order valence-electron chi connectivity index (χ0n) is 22.4. The fourth-order valence-electron chi connectivity index (χ4n) is 7.39. The molecule has 6 rings (SSSR count). The van der Waals surface area contributed by atoms with Crippen LogP contribution in [0, 0.1) is 11.8 Å². The number of fused-ring (bicyclic) bond motifs is 2. The Balaban J connectivity index is 1.67. The first-order valence-corrected chi connectivity index (χ1v) is 16.9. The molecule has 184 valence electrons. The van der Waals surface area contributed by atoms with Gasteiger partial charge in [0.05, 0.1) is 0 Å². The van der Waals surface area contributed by atoms with Crippen LogP contribution in [0.15, 0.2) is 117 Å². The van der Waals surface area contributed by atoms with Crippen molar-refractivity contribution < 1.29 is 0 Å². The molecule has 2 aromatic rings. The first kappa shape index (κ1) is 24.6. The maximum Gasteiger partial charge on any atom is 0.113 e. The van der Waals surface area contributed by atoms with E-state index in [1.54, 1.807) is 10.4 Å². The van der Waals surface area contributed by atoms with Crippen LogP contribution in [0.5, 0.6) is 0 Å². The lowest BCUT2D eigenvalue weighted by Gasteiger charge is -2.33. The minimum absolute atomic E-state index is 0.259. The Kier molecular flexibility index (Phi) is 5.76.